The summed E-state index contributed by atoms with van der Waals surface area (Å²) in [5.74, 6) is -0.264. The van der Waals surface area contributed by atoms with E-state index in [1.807, 2.05) is 35.0 Å². The van der Waals surface area contributed by atoms with Gasteiger partial charge in [-0.05, 0) is 35.2 Å². The van der Waals surface area contributed by atoms with Crippen LogP contribution in [0.15, 0.2) is 61.2 Å². The summed E-state index contributed by atoms with van der Waals surface area (Å²) in [5.41, 5.74) is 2.98. The van der Waals surface area contributed by atoms with Crippen LogP contribution < -0.4 is 10.1 Å². The molecule has 1 heterocycles. The molecule has 6 heteroatoms. The molecular weight excluding hydrogens is 345 g/mol. The number of halogens is 1. The largest absolute Gasteiger partial charge is 0.494 e. The van der Waals surface area contributed by atoms with E-state index in [1.54, 1.807) is 24.7 Å². The molecule has 1 amide bonds. The number of benzene rings is 2. The van der Waals surface area contributed by atoms with Crippen LogP contribution in [0.4, 0.5) is 4.39 Å². The molecule has 0 aliphatic carbocycles. The van der Waals surface area contributed by atoms with Crippen LogP contribution in [0.25, 0.3) is 0 Å². The third kappa shape index (κ3) is 5.41. The lowest BCUT2D eigenvalue weighted by Gasteiger charge is -2.08. The summed E-state index contributed by atoms with van der Waals surface area (Å²) in [7, 11) is 1.43. The number of carbonyl (C=O) groups is 1. The first-order valence-corrected chi connectivity index (χ1v) is 8.77. The van der Waals surface area contributed by atoms with Crippen LogP contribution in [-0.2, 0) is 24.3 Å². The van der Waals surface area contributed by atoms with Crippen LogP contribution in [0, 0.1) is 5.82 Å². The van der Waals surface area contributed by atoms with E-state index in [2.05, 4.69) is 10.3 Å². The SMILES string of the molecule is COc1ccc(CCC(=O)NCc2ccc(Cn3ccnc3)cc2)cc1F. The summed E-state index contributed by atoms with van der Waals surface area (Å²) < 4.78 is 20.6. The standard InChI is InChI=1S/C21H22FN3O2/c1-27-20-8-6-16(12-19(20)22)7-9-21(26)24-13-17-2-4-18(5-3-17)14-25-11-10-23-15-25/h2-6,8,10-12,15H,7,9,13-14H2,1H3,(H,24,26). The third-order valence-corrected chi connectivity index (χ3v) is 4.29. The molecule has 0 spiro atoms. The van der Waals surface area contributed by atoms with E-state index in [9.17, 15) is 9.18 Å². The molecule has 2 aromatic carbocycles. The van der Waals surface area contributed by atoms with Crippen molar-refractivity contribution in [3.05, 3.63) is 83.7 Å². The molecule has 0 unspecified atom stereocenters. The average molecular weight is 367 g/mol. The van der Waals surface area contributed by atoms with E-state index in [0.29, 0.717) is 19.4 Å². The van der Waals surface area contributed by atoms with Crippen molar-refractivity contribution in [3.8, 4) is 5.75 Å². The van der Waals surface area contributed by atoms with Crippen LogP contribution in [-0.4, -0.2) is 22.6 Å². The molecule has 0 atom stereocenters. The fraction of sp³-hybridized carbons (Fsp3) is 0.238. The number of aromatic nitrogens is 2. The molecule has 0 radical (unpaired) electrons. The molecule has 1 N–H and O–H groups in total. The van der Waals surface area contributed by atoms with E-state index < -0.39 is 5.82 Å². The van der Waals surface area contributed by atoms with Crippen LogP contribution in [0.5, 0.6) is 5.75 Å². The molecule has 0 aliphatic rings. The maximum Gasteiger partial charge on any atom is 0.220 e. The average Bonchev–Trinajstić information content (AvgIpc) is 3.19. The van der Waals surface area contributed by atoms with E-state index >= 15 is 0 Å². The van der Waals surface area contributed by atoms with Crippen LogP contribution in [0.2, 0.25) is 0 Å². The van der Waals surface area contributed by atoms with Gasteiger partial charge in [0, 0.05) is 31.9 Å². The molecule has 0 aliphatic heterocycles. The highest BCUT2D eigenvalue weighted by molar-refractivity contribution is 5.76. The van der Waals surface area contributed by atoms with Gasteiger partial charge in [-0.25, -0.2) is 9.37 Å². The number of hydrogen-bond acceptors (Lipinski definition) is 3. The fourth-order valence-corrected chi connectivity index (χ4v) is 2.77. The topological polar surface area (TPSA) is 56.1 Å². The molecule has 0 fully saturated rings. The number of hydrogen-bond donors (Lipinski definition) is 1. The van der Waals surface area contributed by atoms with E-state index in [1.165, 1.54) is 18.7 Å². The number of nitrogens with one attached hydrogen (secondary N) is 1. The van der Waals surface area contributed by atoms with Crippen LogP contribution in [0.3, 0.4) is 0 Å². The van der Waals surface area contributed by atoms with Gasteiger partial charge in [0.15, 0.2) is 11.6 Å². The number of aryl methyl sites for hydroxylation is 1. The monoisotopic (exact) mass is 367 g/mol. The second kappa shape index (κ2) is 8.98. The van der Waals surface area contributed by atoms with Gasteiger partial charge >= 0.3 is 0 Å². The summed E-state index contributed by atoms with van der Waals surface area (Å²) in [4.78, 5) is 16.1. The first kappa shape index (κ1) is 18.6. The predicted molar refractivity (Wildman–Crippen MR) is 101 cm³/mol. The molecule has 3 rings (SSSR count). The molecule has 27 heavy (non-hydrogen) atoms. The minimum atomic E-state index is -0.411. The number of ether oxygens (including phenoxy) is 1. The smallest absolute Gasteiger partial charge is 0.220 e. The number of nitrogens with zero attached hydrogens (tertiary/aromatic N) is 2. The Morgan fingerprint density at radius 1 is 1.15 bits per heavy atom. The lowest BCUT2D eigenvalue weighted by Crippen LogP contribution is -2.23. The highest BCUT2D eigenvalue weighted by Crippen LogP contribution is 2.18. The molecule has 5 nitrogen and oxygen atoms in total. The first-order chi connectivity index (χ1) is 13.1. The highest BCUT2D eigenvalue weighted by atomic mass is 19.1. The van der Waals surface area contributed by atoms with E-state index in [-0.39, 0.29) is 11.7 Å². The predicted octanol–water partition coefficient (Wildman–Crippen LogP) is 3.33. The highest BCUT2D eigenvalue weighted by Gasteiger charge is 2.06. The van der Waals surface area contributed by atoms with E-state index in [0.717, 1.165) is 17.7 Å². The van der Waals surface area contributed by atoms with Gasteiger partial charge in [-0.1, -0.05) is 30.3 Å². The van der Waals surface area contributed by atoms with Gasteiger partial charge in [0.05, 0.1) is 13.4 Å². The summed E-state index contributed by atoms with van der Waals surface area (Å²) >= 11 is 0. The molecule has 0 saturated carbocycles. The number of methoxy groups -OCH3 is 1. The Morgan fingerprint density at radius 3 is 2.56 bits per heavy atom. The van der Waals surface area contributed by atoms with E-state index in [4.69, 9.17) is 4.74 Å². The van der Waals surface area contributed by atoms with Gasteiger partial charge in [0.2, 0.25) is 5.91 Å². The summed E-state index contributed by atoms with van der Waals surface area (Å²) in [6.07, 6.45) is 6.25. The minimum Gasteiger partial charge on any atom is -0.494 e. The molecule has 0 saturated heterocycles. The van der Waals surface area contributed by atoms with Gasteiger partial charge < -0.3 is 14.6 Å². The second-order valence-corrected chi connectivity index (χ2v) is 6.30. The van der Waals surface area contributed by atoms with Crippen molar-refractivity contribution in [2.24, 2.45) is 0 Å². The molecule has 3 aromatic rings. The number of rotatable bonds is 8. The normalized spacial score (nSPS) is 10.6. The maximum atomic E-state index is 13.7. The van der Waals surface area contributed by atoms with Crippen molar-refractivity contribution in [2.45, 2.75) is 25.9 Å². The molecule has 1 aromatic heterocycles. The number of imidazole rings is 1. The molecule has 0 bridgehead atoms. The maximum absolute atomic E-state index is 13.7. The Labute approximate surface area is 157 Å². The van der Waals surface area contributed by atoms with Crippen molar-refractivity contribution < 1.29 is 13.9 Å². The first-order valence-electron chi connectivity index (χ1n) is 8.77. The summed E-state index contributed by atoms with van der Waals surface area (Å²) in [6.45, 7) is 1.24. The number of carbonyl (C=O) groups excluding carboxylic acids is 1. The van der Waals surface area contributed by atoms with Gasteiger partial charge in [-0.3, -0.25) is 4.79 Å². The second-order valence-electron chi connectivity index (χ2n) is 6.30. The summed E-state index contributed by atoms with van der Waals surface area (Å²) in [6, 6.07) is 12.9. The Balaban J connectivity index is 1.44. The van der Waals surface area contributed by atoms with Gasteiger partial charge in [-0.15, -0.1) is 0 Å². The Kier molecular flexibility index (Phi) is 6.20. The Morgan fingerprint density at radius 2 is 1.89 bits per heavy atom. The van der Waals surface area contributed by atoms with Crippen molar-refractivity contribution >= 4 is 5.91 Å². The van der Waals surface area contributed by atoms with Gasteiger partial charge in [0.25, 0.3) is 0 Å². The minimum absolute atomic E-state index is 0.0614. The van der Waals surface area contributed by atoms with Crippen LogP contribution >= 0.6 is 0 Å². The zero-order valence-electron chi connectivity index (χ0n) is 15.2. The van der Waals surface area contributed by atoms with Crippen LogP contribution in [0.1, 0.15) is 23.1 Å². The zero-order chi connectivity index (χ0) is 19.1. The Hall–Kier alpha value is -3.15. The molecular formula is C21H22FN3O2. The lowest BCUT2D eigenvalue weighted by molar-refractivity contribution is -0.121. The number of amides is 1. The van der Waals surface area contributed by atoms with Crippen molar-refractivity contribution in [3.63, 3.8) is 0 Å². The van der Waals surface area contributed by atoms with Gasteiger partial charge in [0.1, 0.15) is 0 Å². The van der Waals surface area contributed by atoms with Crippen molar-refractivity contribution in [1.29, 1.82) is 0 Å². The zero-order valence-corrected chi connectivity index (χ0v) is 15.2. The fourth-order valence-electron chi connectivity index (χ4n) is 2.77. The van der Waals surface area contributed by atoms with Gasteiger partial charge in [-0.2, -0.15) is 0 Å². The van der Waals surface area contributed by atoms with Crippen molar-refractivity contribution in [2.75, 3.05) is 7.11 Å². The van der Waals surface area contributed by atoms with Crippen molar-refractivity contribution in [1.82, 2.24) is 14.9 Å². The molecule has 140 valence electrons. The quantitative estimate of drug-likeness (QED) is 0.664. The third-order valence-electron chi connectivity index (χ3n) is 4.29. The summed E-state index contributed by atoms with van der Waals surface area (Å²) in [5, 5.41) is 2.90. The Bertz CT molecular complexity index is 877. The lowest BCUT2D eigenvalue weighted by atomic mass is 10.1.